The van der Waals surface area contributed by atoms with Crippen molar-refractivity contribution < 1.29 is 0 Å². The summed E-state index contributed by atoms with van der Waals surface area (Å²) in [4.78, 5) is 18.8. The van der Waals surface area contributed by atoms with E-state index in [2.05, 4.69) is 16.2 Å². The Bertz CT molecular complexity index is 1490. The van der Waals surface area contributed by atoms with Crippen LogP contribution in [0.2, 0.25) is 0 Å². The summed E-state index contributed by atoms with van der Waals surface area (Å²) in [5.74, 6) is 0. The van der Waals surface area contributed by atoms with E-state index in [-0.39, 0.29) is 12.1 Å². The van der Waals surface area contributed by atoms with Crippen LogP contribution in [0.1, 0.15) is 17.0 Å². The van der Waals surface area contributed by atoms with Crippen LogP contribution in [0, 0.1) is 18.3 Å². The van der Waals surface area contributed by atoms with E-state index in [1.165, 1.54) is 11.3 Å². The van der Waals surface area contributed by atoms with Crippen LogP contribution in [0.15, 0.2) is 77.9 Å². The zero-order valence-corrected chi connectivity index (χ0v) is 17.5. The Labute approximate surface area is 182 Å². The fraction of sp³-hybridized carbons (Fsp3) is 0.0833. The van der Waals surface area contributed by atoms with Gasteiger partial charge < -0.3 is 0 Å². The van der Waals surface area contributed by atoms with Crippen LogP contribution < -0.4 is 5.56 Å². The quantitative estimate of drug-likeness (QED) is 0.425. The minimum absolute atomic E-state index is 0.125. The van der Waals surface area contributed by atoms with Gasteiger partial charge in [0.1, 0.15) is 10.8 Å². The summed E-state index contributed by atoms with van der Waals surface area (Å²) in [5, 5.41) is 14.2. The van der Waals surface area contributed by atoms with Gasteiger partial charge in [0.25, 0.3) is 5.56 Å². The minimum atomic E-state index is -0.125. The standard InChI is InChI=1S/C24H17N5OS/c1-16-19(13-25)21(29(27-16)18-10-6-3-7-11-18)14-28-15-26-20-12-22(31-23(20)24(28)30)17-8-4-2-5-9-17/h2-12,15H,14H2,1H3. The summed E-state index contributed by atoms with van der Waals surface area (Å²) in [6.45, 7) is 2.01. The smallest absolute Gasteiger partial charge is 0.271 e. The Morgan fingerprint density at radius 2 is 1.77 bits per heavy atom. The molecule has 0 atom stereocenters. The summed E-state index contributed by atoms with van der Waals surface area (Å²) in [5.41, 5.74) is 4.22. The highest BCUT2D eigenvalue weighted by atomic mass is 32.1. The molecule has 31 heavy (non-hydrogen) atoms. The zero-order chi connectivity index (χ0) is 21.4. The molecule has 0 aliphatic carbocycles. The van der Waals surface area contributed by atoms with Gasteiger partial charge in [-0.05, 0) is 30.7 Å². The van der Waals surface area contributed by atoms with Crippen molar-refractivity contribution in [3.63, 3.8) is 0 Å². The van der Waals surface area contributed by atoms with Crippen LogP contribution in [0.4, 0.5) is 0 Å². The number of nitriles is 1. The zero-order valence-electron chi connectivity index (χ0n) is 16.7. The number of aryl methyl sites for hydroxylation is 1. The topological polar surface area (TPSA) is 76.5 Å². The maximum atomic E-state index is 13.3. The van der Waals surface area contributed by atoms with Crippen molar-refractivity contribution in [1.82, 2.24) is 19.3 Å². The highest BCUT2D eigenvalue weighted by Crippen LogP contribution is 2.30. The lowest BCUT2D eigenvalue weighted by Gasteiger charge is -2.09. The summed E-state index contributed by atoms with van der Waals surface area (Å²) in [6, 6.07) is 23.7. The highest BCUT2D eigenvalue weighted by molar-refractivity contribution is 7.22. The maximum Gasteiger partial charge on any atom is 0.271 e. The molecule has 0 radical (unpaired) electrons. The number of nitrogens with zero attached hydrogens (tertiary/aromatic N) is 5. The SMILES string of the molecule is Cc1nn(-c2ccccc2)c(Cn2cnc3cc(-c4ccccc4)sc3c2=O)c1C#N. The van der Waals surface area contributed by atoms with Gasteiger partial charge >= 0.3 is 0 Å². The molecule has 0 spiro atoms. The Morgan fingerprint density at radius 1 is 1.06 bits per heavy atom. The molecule has 5 aromatic rings. The van der Waals surface area contributed by atoms with Gasteiger partial charge in [0, 0.05) is 4.88 Å². The van der Waals surface area contributed by atoms with E-state index in [9.17, 15) is 10.1 Å². The van der Waals surface area contributed by atoms with Gasteiger partial charge in [-0.3, -0.25) is 9.36 Å². The first-order valence-electron chi connectivity index (χ1n) is 9.74. The molecule has 0 aliphatic rings. The highest BCUT2D eigenvalue weighted by Gasteiger charge is 2.18. The van der Waals surface area contributed by atoms with Crippen molar-refractivity contribution in [3.05, 3.63) is 100 Å². The molecule has 0 aliphatic heterocycles. The second-order valence-electron chi connectivity index (χ2n) is 7.13. The van der Waals surface area contributed by atoms with Gasteiger partial charge in [0.15, 0.2) is 0 Å². The maximum absolute atomic E-state index is 13.3. The Morgan fingerprint density at radius 3 is 2.48 bits per heavy atom. The molecular formula is C24H17N5OS. The summed E-state index contributed by atoms with van der Waals surface area (Å²) >= 11 is 1.43. The Balaban J connectivity index is 1.61. The molecule has 6 nitrogen and oxygen atoms in total. The molecule has 0 unspecified atom stereocenters. The largest absolute Gasteiger partial charge is 0.292 e. The first-order valence-corrected chi connectivity index (χ1v) is 10.6. The molecule has 150 valence electrons. The molecule has 2 aromatic carbocycles. The number of aromatic nitrogens is 4. The van der Waals surface area contributed by atoms with E-state index in [0.717, 1.165) is 16.1 Å². The van der Waals surface area contributed by atoms with Gasteiger partial charge in [-0.1, -0.05) is 48.5 Å². The van der Waals surface area contributed by atoms with E-state index in [1.807, 2.05) is 66.7 Å². The van der Waals surface area contributed by atoms with Crippen molar-refractivity contribution in [2.24, 2.45) is 0 Å². The first-order chi connectivity index (χ1) is 15.2. The third-order valence-corrected chi connectivity index (χ3v) is 6.31. The molecule has 0 saturated heterocycles. The molecule has 7 heteroatoms. The number of fused-ring (bicyclic) bond motifs is 1. The van der Waals surface area contributed by atoms with Crippen LogP contribution in [0.25, 0.3) is 26.3 Å². The Kier molecular flexibility index (Phi) is 4.69. The number of benzene rings is 2. The normalized spacial score (nSPS) is 11.0. The van der Waals surface area contributed by atoms with E-state index in [0.29, 0.717) is 27.2 Å². The monoisotopic (exact) mass is 423 g/mol. The third-order valence-electron chi connectivity index (χ3n) is 5.15. The summed E-state index contributed by atoms with van der Waals surface area (Å²) in [6.07, 6.45) is 1.55. The average molecular weight is 424 g/mol. The predicted octanol–water partition coefficient (Wildman–Crippen LogP) is 4.54. The van der Waals surface area contributed by atoms with Crippen molar-refractivity contribution in [3.8, 4) is 22.2 Å². The predicted molar refractivity (Wildman–Crippen MR) is 121 cm³/mol. The van der Waals surface area contributed by atoms with Crippen LogP contribution in [0.3, 0.4) is 0 Å². The van der Waals surface area contributed by atoms with Crippen LogP contribution in [0.5, 0.6) is 0 Å². The molecule has 0 saturated carbocycles. The van der Waals surface area contributed by atoms with Crippen molar-refractivity contribution in [2.45, 2.75) is 13.5 Å². The van der Waals surface area contributed by atoms with Crippen LogP contribution >= 0.6 is 11.3 Å². The number of para-hydroxylation sites is 1. The number of hydrogen-bond acceptors (Lipinski definition) is 5. The number of rotatable bonds is 4. The van der Waals surface area contributed by atoms with Gasteiger partial charge in [-0.25, -0.2) is 9.67 Å². The second-order valence-corrected chi connectivity index (χ2v) is 8.19. The molecule has 0 amide bonds. The second kappa shape index (κ2) is 7.67. The molecular weight excluding hydrogens is 406 g/mol. The van der Waals surface area contributed by atoms with E-state index >= 15 is 0 Å². The lowest BCUT2D eigenvalue weighted by molar-refractivity contribution is 0.689. The molecule has 0 fully saturated rings. The number of hydrogen-bond donors (Lipinski definition) is 0. The van der Waals surface area contributed by atoms with Gasteiger partial charge in [-0.15, -0.1) is 11.3 Å². The van der Waals surface area contributed by atoms with E-state index in [1.54, 1.807) is 22.5 Å². The Hall–Kier alpha value is -4.02. The lowest BCUT2D eigenvalue weighted by atomic mass is 10.2. The van der Waals surface area contributed by atoms with Crippen molar-refractivity contribution in [1.29, 1.82) is 5.26 Å². The molecule has 3 aromatic heterocycles. The number of thiophene rings is 1. The van der Waals surface area contributed by atoms with E-state index < -0.39 is 0 Å². The van der Waals surface area contributed by atoms with Crippen LogP contribution in [-0.2, 0) is 6.54 Å². The summed E-state index contributed by atoms with van der Waals surface area (Å²) in [7, 11) is 0. The van der Waals surface area contributed by atoms with Gasteiger partial charge in [-0.2, -0.15) is 10.4 Å². The van der Waals surface area contributed by atoms with Gasteiger partial charge in [0.2, 0.25) is 0 Å². The van der Waals surface area contributed by atoms with Crippen molar-refractivity contribution in [2.75, 3.05) is 0 Å². The molecule has 5 rings (SSSR count). The minimum Gasteiger partial charge on any atom is -0.292 e. The third kappa shape index (κ3) is 3.33. The van der Waals surface area contributed by atoms with Crippen molar-refractivity contribution >= 4 is 21.6 Å². The molecule has 3 heterocycles. The molecule has 0 N–H and O–H groups in total. The fourth-order valence-electron chi connectivity index (χ4n) is 3.61. The van der Waals surface area contributed by atoms with E-state index in [4.69, 9.17) is 0 Å². The van der Waals surface area contributed by atoms with Gasteiger partial charge in [0.05, 0.1) is 41.0 Å². The molecule has 0 bridgehead atoms. The lowest BCUT2D eigenvalue weighted by Crippen LogP contribution is -2.22. The van der Waals surface area contributed by atoms with Crippen LogP contribution in [-0.4, -0.2) is 19.3 Å². The first kappa shape index (κ1) is 19.0. The summed E-state index contributed by atoms with van der Waals surface area (Å²) < 4.78 is 3.88. The average Bonchev–Trinajstić information content (AvgIpc) is 3.38. The fourth-order valence-corrected chi connectivity index (χ4v) is 4.68.